The smallest absolute Gasteiger partial charge is 0.220 e. The monoisotopic (exact) mass is 574 g/mol. The van der Waals surface area contributed by atoms with Gasteiger partial charge >= 0.3 is 0 Å². The predicted octanol–water partition coefficient (Wildman–Crippen LogP) is 10.7. The Balaban J connectivity index is 1.29. The second-order valence-electron chi connectivity index (χ2n) is 11.7. The van der Waals surface area contributed by atoms with Crippen molar-refractivity contribution >= 4 is 60.9 Å². The molecule has 0 N–H and O–H groups in total. The molecule has 45 heavy (non-hydrogen) atoms. The lowest BCUT2D eigenvalue weighted by atomic mass is 10.0. The third kappa shape index (κ3) is 3.45. The number of benzene rings is 7. The standard InChI is InChI=1S/C41H26N4/c1-2-13-28-25-40-35(24-27(28)12-1)42-41-44(38-22-9-5-18-33(38)34-19-6-10-23-39(34)45(40)41)30-15-11-14-29(26-30)43-36-20-7-3-16-31(36)32-17-4-8-21-37(32)43/h1-26H. The maximum atomic E-state index is 5.39. The zero-order valence-corrected chi connectivity index (χ0v) is 24.3. The lowest BCUT2D eigenvalue weighted by Crippen LogP contribution is -2.14. The van der Waals surface area contributed by atoms with Gasteiger partial charge in [0.2, 0.25) is 5.95 Å². The highest BCUT2D eigenvalue weighted by Crippen LogP contribution is 2.48. The van der Waals surface area contributed by atoms with E-state index < -0.39 is 0 Å². The van der Waals surface area contributed by atoms with Crippen LogP contribution in [0.4, 0.5) is 17.3 Å². The van der Waals surface area contributed by atoms with Gasteiger partial charge in [-0.1, -0.05) is 103 Å². The van der Waals surface area contributed by atoms with Crippen LogP contribution in [0.2, 0.25) is 0 Å². The van der Waals surface area contributed by atoms with Crippen LogP contribution in [0.5, 0.6) is 0 Å². The zero-order valence-electron chi connectivity index (χ0n) is 24.3. The average molecular weight is 575 g/mol. The van der Waals surface area contributed by atoms with Crippen molar-refractivity contribution in [3.05, 3.63) is 158 Å². The fraction of sp³-hybridized carbons (Fsp3) is 0. The molecular weight excluding hydrogens is 548 g/mol. The van der Waals surface area contributed by atoms with Crippen LogP contribution in [0.1, 0.15) is 0 Å². The van der Waals surface area contributed by atoms with Crippen molar-refractivity contribution in [2.75, 3.05) is 4.90 Å². The van der Waals surface area contributed by atoms with E-state index in [-0.39, 0.29) is 0 Å². The SMILES string of the molecule is c1cc(N2c3ccccc3-c3ccccc3-n3c2nc2cc4ccccc4cc23)cc(-n2c3ccccc3c3ccccc32)c1. The number of hydrogen-bond donors (Lipinski definition) is 0. The summed E-state index contributed by atoms with van der Waals surface area (Å²) >= 11 is 0. The molecule has 0 fully saturated rings. The molecule has 4 heteroatoms. The molecule has 0 saturated carbocycles. The Hall–Kier alpha value is -6.13. The Morgan fingerprint density at radius 1 is 0.400 bits per heavy atom. The van der Waals surface area contributed by atoms with Crippen LogP contribution in [0.3, 0.4) is 0 Å². The molecule has 10 rings (SSSR count). The predicted molar refractivity (Wildman–Crippen MR) is 187 cm³/mol. The summed E-state index contributed by atoms with van der Waals surface area (Å²) in [5, 5.41) is 4.89. The van der Waals surface area contributed by atoms with Gasteiger partial charge in [0.05, 0.1) is 39.1 Å². The van der Waals surface area contributed by atoms with Crippen LogP contribution >= 0.6 is 0 Å². The molecule has 0 amide bonds. The first-order valence-corrected chi connectivity index (χ1v) is 15.3. The summed E-state index contributed by atoms with van der Waals surface area (Å²) in [6.07, 6.45) is 0. The second kappa shape index (κ2) is 9.18. The largest absolute Gasteiger partial charge is 0.309 e. The van der Waals surface area contributed by atoms with Gasteiger partial charge in [0.25, 0.3) is 0 Å². The minimum absolute atomic E-state index is 0.872. The van der Waals surface area contributed by atoms with Gasteiger partial charge in [-0.3, -0.25) is 9.47 Å². The van der Waals surface area contributed by atoms with Crippen LogP contribution in [0, 0.1) is 0 Å². The van der Waals surface area contributed by atoms with E-state index in [9.17, 15) is 0 Å². The second-order valence-corrected chi connectivity index (χ2v) is 11.7. The Morgan fingerprint density at radius 2 is 0.978 bits per heavy atom. The van der Waals surface area contributed by atoms with Gasteiger partial charge in [0.15, 0.2) is 0 Å². The van der Waals surface area contributed by atoms with E-state index in [0.29, 0.717) is 0 Å². The summed E-state index contributed by atoms with van der Waals surface area (Å²) in [4.78, 5) is 7.72. The number of rotatable bonds is 2. The molecule has 1 aliphatic heterocycles. The lowest BCUT2D eigenvalue weighted by Gasteiger charge is -2.25. The number of fused-ring (bicyclic) bond motifs is 11. The van der Waals surface area contributed by atoms with Crippen LogP contribution in [0.25, 0.3) is 66.1 Å². The van der Waals surface area contributed by atoms with Crippen molar-refractivity contribution in [2.24, 2.45) is 0 Å². The van der Waals surface area contributed by atoms with Crippen molar-refractivity contribution in [1.82, 2.24) is 14.1 Å². The van der Waals surface area contributed by atoms with E-state index in [1.54, 1.807) is 0 Å². The van der Waals surface area contributed by atoms with Gasteiger partial charge in [-0.2, -0.15) is 0 Å². The summed E-state index contributed by atoms with van der Waals surface area (Å²) in [6.45, 7) is 0. The minimum atomic E-state index is 0.872. The highest BCUT2D eigenvalue weighted by Gasteiger charge is 2.29. The quantitative estimate of drug-likeness (QED) is 0.205. The first-order chi connectivity index (χ1) is 22.3. The summed E-state index contributed by atoms with van der Waals surface area (Å²) < 4.78 is 4.71. The summed E-state index contributed by atoms with van der Waals surface area (Å²) in [6, 6.07) is 56.6. The molecular formula is C41H26N4. The normalized spacial score (nSPS) is 12.4. The van der Waals surface area contributed by atoms with Crippen LogP contribution in [-0.4, -0.2) is 14.1 Å². The van der Waals surface area contributed by atoms with E-state index in [2.05, 4.69) is 172 Å². The number of anilines is 3. The third-order valence-electron chi connectivity index (χ3n) is 9.21. The van der Waals surface area contributed by atoms with Gasteiger partial charge in [0.1, 0.15) is 0 Å². The summed E-state index contributed by atoms with van der Waals surface area (Å²) in [7, 11) is 0. The van der Waals surface area contributed by atoms with Crippen molar-refractivity contribution in [3.8, 4) is 22.5 Å². The number of hydrogen-bond acceptors (Lipinski definition) is 2. The highest BCUT2D eigenvalue weighted by molar-refractivity contribution is 6.09. The topological polar surface area (TPSA) is 26.0 Å². The third-order valence-corrected chi connectivity index (χ3v) is 9.21. The van der Waals surface area contributed by atoms with Crippen LogP contribution in [-0.2, 0) is 0 Å². The molecule has 0 aliphatic carbocycles. The van der Waals surface area contributed by atoms with Gasteiger partial charge in [-0.25, -0.2) is 4.98 Å². The van der Waals surface area contributed by atoms with E-state index in [1.165, 1.54) is 43.7 Å². The van der Waals surface area contributed by atoms with E-state index in [1.807, 2.05) is 0 Å². The van der Waals surface area contributed by atoms with Gasteiger partial charge in [-0.15, -0.1) is 0 Å². The maximum Gasteiger partial charge on any atom is 0.220 e. The first kappa shape index (κ1) is 24.3. The molecule has 4 nitrogen and oxygen atoms in total. The number of aromatic nitrogens is 3. The van der Waals surface area contributed by atoms with Crippen LogP contribution < -0.4 is 4.90 Å². The van der Waals surface area contributed by atoms with Gasteiger partial charge < -0.3 is 4.57 Å². The van der Waals surface area contributed by atoms with E-state index in [0.717, 1.165) is 39.7 Å². The lowest BCUT2D eigenvalue weighted by molar-refractivity contribution is 1.05. The molecule has 0 bridgehead atoms. The molecule has 9 aromatic rings. The van der Waals surface area contributed by atoms with E-state index in [4.69, 9.17) is 4.98 Å². The van der Waals surface area contributed by atoms with Gasteiger partial charge in [-0.05, 0) is 65.4 Å². The van der Waals surface area contributed by atoms with Gasteiger partial charge in [0, 0.05) is 27.6 Å². The summed E-state index contributed by atoms with van der Waals surface area (Å²) in [5.41, 5.74) is 11.2. The minimum Gasteiger partial charge on any atom is -0.309 e. The molecule has 7 aromatic carbocycles. The Kier molecular flexibility index (Phi) is 4.96. The molecule has 0 unspecified atom stereocenters. The highest BCUT2D eigenvalue weighted by atomic mass is 15.3. The zero-order chi connectivity index (χ0) is 29.5. The van der Waals surface area contributed by atoms with E-state index >= 15 is 0 Å². The van der Waals surface area contributed by atoms with Crippen molar-refractivity contribution in [1.29, 1.82) is 0 Å². The average Bonchev–Trinajstić information content (AvgIpc) is 3.59. The molecule has 210 valence electrons. The first-order valence-electron chi connectivity index (χ1n) is 15.3. The van der Waals surface area contributed by atoms with Crippen molar-refractivity contribution in [2.45, 2.75) is 0 Å². The fourth-order valence-electron chi connectivity index (χ4n) is 7.26. The molecule has 0 spiro atoms. The molecule has 0 radical (unpaired) electrons. The maximum absolute atomic E-state index is 5.39. The molecule has 1 aliphatic rings. The summed E-state index contributed by atoms with van der Waals surface area (Å²) in [5.74, 6) is 0.872. The molecule has 3 heterocycles. The number of imidazole rings is 1. The molecule has 0 atom stereocenters. The molecule has 0 saturated heterocycles. The molecule has 2 aromatic heterocycles. The Morgan fingerprint density at radius 3 is 1.73 bits per heavy atom. The van der Waals surface area contributed by atoms with Crippen molar-refractivity contribution < 1.29 is 0 Å². The van der Waals surface area contributed by atoms with Crippen LogP contribution in [0.15, 0.2) is 158 Å². The fourth-order valence-corrected chi connectivity index (χ4v) is 7.26. The Labute approximate surface area is 259 Å². The number of nitrogens with zero attached hydrogens (tertiary/aromatic N) is 4. The Bertz CT molecular complexity index is 2570. The van der Waals surface area contributed by atoms with Crippen molar-refractivity contribution in [3.63, 3.8) is 0 Å². The number of para-hydroxylation sites is 4.